The second-order valence-corrected chi connectivity index (χ2v) is 10.6. The molecule has 8 nitrogen and oxygen atoms in total. The van der Waals surface area contributed by atoms with Gasteiger partial charge in [0.05, 0.1) is 31.1 Å². The number of hydrogen-bond donors (Lipinski definition) is 3. The van der Waals surface area contributed by atoms with E-state index in [1.165, 1.54) is 23.5 Å². The number of aromatic nitrogens is 1. The summed E-state index contributed by atoms with van der Waals surface area (Å²) >= 11 is 0. The lowest BCUT2D eigenvalue weighted by atomic mass is 9.94. The highest BCUT2D eigenvalue weighted by molar-refractivity contribution is 7.85. The van der Waals surface area contributed by atoms with Crippen molar-refractivity contribution in [3.63, 3.8) is 0 Å². The van der Waals surface area contributed by atoms with Crippen LogP contribution in [-0.4, -0.2) is 77.2 Å². The van der Waals surface area contributed by atoms with Gasteiger partial charge >= 0.3 is 0 Å². The predicted molar refractivity (Wildman–Crippen MR) is 155 cm³/mol. The number of amides is 2. The third-order valence-electron chi connectivity index (χ3n) is 5.83. The smallest absolute Gasteiger partial charge is 0.265 e. The number of carbonyl (C=O) groups excluding carboxylic acids is 2. The molecule has 0 saturated heterocycles. The molecule has 2 amide bonds. The monoisotopic (exact) mass is 615 g/mol. The quantitative estimate of drug-likeness (QED) is 0.260. The molecule has 232 valence electrons. The van der Waals surface area contributed by atoms with E-state index in [2.05, 4.69) is 46.0 Å². The van der Waals surface area contributed by atoms with E-state index in [1.54, 1.807) is 6.92 Å². The van der Waals surface area contributed by atoms with Gasteiger partial charge in [-0.3, -0.25) is 18.8 Å². The fourth-order valence-corrected chi connectivity index (χ4v) is 4.21. The van der Waals surface area contributed by atoms with Crippen LogP contribution in [-0.2, 0) is 25.1 Å². The fraction of sp³-hybridized carbons (Fsp3) is 0.414. The van der Waals surface area contributed by atoms with E-state index in [0.29, 0.717) is 18.1 Å². The Morgan fingerprint density at radius 2 is 1.90 bits per heavy atom. The number of nitrogens with zero attached hydrogens (tertiary/aromatic N) is 1. The van der Waals surface area contributed by atoms with Crippen LogP contribution in [0.25, 0.3) is 11.1 Å². The molecule has 1 unspecified atom stereocenters. The standard InChI is InChI=1S/C17H22F3N3O3S.C11H12O.CH3FO/c1-11(7-22-16(25)9-27(3)26)13(14-5-4-12(18)8-21-14)6-15(23-10-24)17(2,19)20;1-2-4-10(5-3-1)11-6-8-12-9-7-11;2-1-3/h4-5,8,10,15H,6-7,9H2,1-3H3,(H,22,25)(H,23,24);1-6H,7-9H2;3H,1H2/b13-11-;;/t15-,27?;;/m1../s1. The number of aliphatic hydroxyl groups excluding tert-OH is 1. The van der Waals surface area contributed by atoms with Gasteiger partial charge in [0.2, 0.25) is 12.3 Å². The van der Waals surface area contributed by atoms with Crippen LogP contribution >= 0.6 is 0 Å². The Morgan fingerprint density at radius 1 is 1.24 bits per heavy atom. The Morgan fingerprint density at radius 3 is 2.40 bits per heavy atom. The molecule has 3 N–H and O–H groups in total. The number of alkyl halides is 3. The summed E-state index contributed by atoms with van der Waals surface area (Å²) in [4.78, 5) is 26.3. The van der Waals surface area contributed by atoms with Gasteiger partial charge in [-0.15, -0.1) is 0 Å². The number of rotatable bonds is 11. The molecule has 42 heavy (non-hydrogen) atoms. The molecular formula is C29H37F4N3O5S. The van der Waals surface area contributed by atoms with E-state index in [9.17, 15) is 31.4 Å². The zero-order chi connectivity index (χ0) is 31.5. The maximum Gasteiger partial charge on any atom is 0.265 e. The SMILES string of the molecule is C/C(CNC(=O)CS(C)=O)=C(\C[C@@H](NC=O)C(C)(F)F)c1ccc(F)cn1.C1=C(c2ccccc2)CCOC1.OCF. The van der Waals surface area contributed by atoms with E-state index in [4.69, 9.17) is 9.84 Å². The first-order valence-corrected chi connectivity index (χ1v) is 14.6. The number of carbonyl (C=O) groups is 2. The lowest BCUT2D eigenvalue weighted by molar-refractivity contribution is -0.118. The lowest BCUT2D eigenvalue weighted by Crippen LogP contribution is -2.42. The van der Waals surface area contributed by atoms with Gasteiger partial charge in [-0.05, 0) is 47.8 Å². The molecule has 0 spiro atoms. The van der Waals surface area contributed by atoms with Crippen LogP contribution in [0.15, 0.2) is 60.3 Å². The van der Waals surface area contributed by atoms with E-state index in [0.717, 1.165) is 31.9 Å². The normalized spacial score (nSPS) is 14.8. The summed E-state index contributed by atoms with van der Waals surface area (Å²) in [5.74, 6) is -4.43. The summed E-state index contributed by atoms with van der Waals surface area (Å²) in [5.41, 5.74) is 3.85. The molecule has 13 heteroatoms. The first kappa shape index (κ1) is 36.6. The minimum atomic E-state index is -3.21. The van der Waals surface area contributed by atoms with Crippen molar-refractivity contribution in [2.24, 2.45) is 0 Å². The Kier molecular flexibility index (Phi) is 17.1. The first-order valence-electron chi connectivity index (χ1n) is 12.9. The minimum Gasteiger partial charge on any atom is -0.377 e. The van der Waals surface area contributed by atoms with Gasteiger partial charge in [0.25, 0.3) is 5.92 Å². The lowest BCUT2D eigenvalue weighted by Gasteiger charge is -2.25. The van der Waals surface area contributed by atoms with Crippen molar-refractivity contribution >= 4 is 34.3 Å². The van der Waals surface area contributed by atoms with Crippen LogP contribution < -0.4 is 10.6 Å². The Hall–Kier alpha value is -3.42. The van der Waals surface area contributed by atoms with Crippen molar-refractivity contribution in [1.82, 2.24) is 15.6 Å². The Bertz CT molecular complexity index is 1190. The molecule has 3 rings (SSSR count). The van der Waals surface area contributed by atoms with Crippen molar-refractivity contribution in [2.45, 2.75) is 38.7 Å². The van der Waals surface area contributed by atoms with Gasteiger partial charge < -0.3 is 20.5 Å². The molecule has 0 fully saturated rings. The van der Waals surface area contributed by atoms with Gasteiger partial charge in [-0.1, -0.05) is 36.4 Å². The maximum absolute atomic E-state index is 13.8. The topological polar surface area (TPSA) is 118 Å². The number of benzene rings is 1. The van der Waals surface area contributed by atoms with Crippen LogP contribution in [0, 0.1) is 5.82 Å². The molecule has 2 atom stereocenters. The van der Waals surface area contributed by atoms with Crippen LogP contribution in [0.5, 0.6) is 0 Å². The van der Waals surface area contributed by atoms with Crippen LogP contribution in [0.1, 0.15) is 37.9 Å². The number of pyridine rings is 1. The molecule has 0 saturated carbocycles. The first-order chi connectivity index (χ1) is 19.9. The summed E-state index contributed by atoms with van der Waals surface area (Å²) < 4.78 is 66.9. The molecule has 0 bridgehead atoms. The zero-order valence-electron chi connectivity index (χ0n) is 23.7. The van der Waals surface area contributed by atoms with E-state index < -0.39 is 41.3 Å². The summed E-state index contributed by atoms with van der Waals surface area (Å²) in [6.07, 6.45) is 5.46. The highest BCUT2D eigenvalue weighted by atomic mass is 32.2. The van der Waals surface area contributed by atoms with Crippen molar-refractivity contribution in [1.29, 1.82) is 0 Å². The molecular weight excluding hydrogens is 578 g/mol. The molecule has 1 aromatic heterocycles. The van der Waals surface area contributed by atoms with Crippen molar-refractivity contribution < 1.29 is 41.2 Å². The van der Waals surface area contributed by atoms with Crippen LogP contribution in [0.3, 0.4) is 0 Å². The molecule has 1 aliphatic heterocycles. The Balaban J connectivity index is 0.000000480. The highest BCUT2D eigenvalue weighted by Crippen LogP contribution is 2.29. The van der Waals surface area contributed by atoms with Crippen molar-refractivity contribution in [3.05, 3.63) is 77.4 Å². The predicted octanol–water partition coefficient (Wildman–Crippen LogP) is 4.04. The molecule has 1 aromatic carbocycles. The number of nitrogens with one attached hydrogen (secondary N) is 2. The number of aliphatic hydroxyl groups is 1. The fourth-order valence-electron chi connectivity index (χ4n) is 3.74. The van der Waals surface area contributed by atoms with Crippen molar-refractivity contribution in [2.75, 3.05) is 38.6 Å². The van der Waals surface area contributed by atoms with Gasteiger partial charge in [-0.2, -0.15) is 0 Å². The molecule has 0 aliphatic carbocycles. The number of ether oxygens (including phenoxy) is 1. The third-order valence-corrected chi connectivity index (χ3v) is 6.50. The average Bonchev–Trinajstić information content (AvgIpc) is 2.95. The second kappa shape index (κ2) is 19.7. The molecule has 0 radical (unpaired) electrons. The molecule has 2 heterocycles. The van der Waals surface area contributed by atoms with E-state index >= 15 is 0 Å². The summed E-state index contributed by atoms with van der Waals surface area (Å²) in [6.45, 7) is 2.67. The highest BCUT2D eigenvalue weighted by Gasteiger charge is 2.35. The van der Waals surface area contributed by atoms with Gasteiger partial charge in [0.15, 0.2) is 6.86 Å². The van der Waals surface area contributed by atoms with Crippen LogP contribution in [0.4, 0.5) is 17.6 Å². The van der Waals surface area contributed by atoms with Crippen LogP contribution in [0.2, 0.25) is 0 Å². The largest absolute Gasteiger partial charge is 0.377 e. The van der Waals surface area contributed by atoms with Gasteiger partial charge in [0, 0.05) is 36.9 Å². The third kappa shape index (κ3) is 14.5. The van der Waals surface area contributed by atoms with E-state index in [1.807, 2.05) is 6.07 Å². The number of hydrogen-bond acceptors (Lipinski definition) is 6. The summed E-state index contributed by atoms with van der Waals surface area (Å²) in [5, 5.41) is 11.5. The zero-order valence-corrected chi connectivity index (χ0v) is 24.6. The van der Waals surface area contributed by atoms with Gasteiger partial charge in [-0.25, -0.2) is 17.6 Å². The van der Waals surface area contributed by atoms with Gasteiger partial charge in [0.1, 0.15) is 11.6 Å². The summed E-state index contributed by atoms with van der Waals surface area (Å²) in [7, 11) is -1.31. The average molecular weight is 616 g/mol. The Labute approximate surface area is 245 Å². The van der Waals surface area contributed by atoms with E-state index in [-0.39, 0.29) is 30.8 Å². The van der Waals surface area contributed by atoms with Crippen molar-refractivity contribution in [3.8, 4) is 0 Å². The second-order valence-electron chi connectivity index (χ2n) is 9.15. The summed E-state index contributed by atoms with van der Waals surface area (Å²) in [6, 6.07) is 11.5. The number of halogens is 4. The minimum absolute atomic E-state index is 0.00746. The molecule has 2 aromatic rings. The molecule has 1 aliphatic rings. The maximum atomic E-state index is 13.8.